The second-order valence-corrected chi connectivity index (χ2v) is 4.22. The second-order valence-electron chi connectivity index (χ2n) is 4.22. The van der Waals surface area contributed by atoms with Crippen molar-refractivity contribution in [2.45, 2.75) is 46.0 Å². The summed E-state index contributed by atoms with van der Waals surface area (Å²) >= 11 is 0. The lowest BCUT2D eigenvalue weighted by Gasteiger charge is -2.05. The third kappa shape index (κ3) is 13.9. The van der Waals surface area contributed by atoms with E-state index in [1.54, 1.807) is 0 Å². The monoisotopic (exact) mass is 229 g/mol. The summed E-state index contributed by atoms with van der Waals surface area (Å²) in [5.74, 6) is 0. The third-order valence-electron chi connectivity index (χ3n) is 2.66. The molecule has 0 aromatic carbocycles. The van der Waals surface area contributed by atoms with Crippen LogP contribution >= 0.6 is 0 Å². The van der Waals surface area contributed by atoms with E-state index in [0.717, 1.165) is 13.1 Å². The van der Waals surface area contributed by atoms with Gasteiger partial charge in [0.1, 0.15) is 0 Å². The highest BCUT2D eigenvalue weighted by Crippen LogP contribution is 1.92. The number of rotatable bonds is 13. The predicted octanol–water partition coefficient (Wildman–Crippen LogP) is 1.75. The number of nitrogens with one attached hydrogen (secondary N) is 3. The van der Waals surface area contributed by atoms with Gasteiger partial charge in [-0.05, 0) is 65.0 Å². The maximum atomic E-state index is 3.51. The van der Waals surface area contributed by atoms with Crippen molar-refractivity contribution < 1.29 is 0 Å². The molecule has 0 saturated heterocycles. The number of unbranched alkanes of at least 4 members (excludes halogenated alkanes) is 3. The Morgan fingerprint density at radius 1 is 0.500 bits per heavy atom. The van der Waals surface area contributed by atoms with E-state index < -0.39 is 0 Å². The van der Waals surface area contributed by atoms with E-state index in [9.17, 15) is 0 Å². The van der Waals surface area contributed by atoms with E-state index in [4.69, 9.17) is 0 Å². The molecule has 98 valence electrons. The molecule has 0 fully saturated rings. The molecular formula is C13H31N3. The van der Waals surface area contributed by atoms with Crippen molar-refractivity contribution in [2.75, 3.05) is 39.3 Å². The minimum Gasteiger partial charge on any atom is -0.317 e. The van der Waals surface area contributed by atoms with Crippen molar-refractivity contribution >= 4 is 0 Å². The summed E-state index contributed by atoms with van der Waals surface area (Å²) in [6, 6.07) is 0. The SMILES string of the molecule is CCNCCCCCNCCCCNCC. The van der Waals surface area contributed by atoms with E-state index in [1.165, 1.54) is 58.3 Å². The molecule has 0 aromatic heterocycles. The van der Waals surface area contributed by atoms with E-state index in [1.807, 2.05) is 0 Å². The molecule has 3 heteroatoms. The maximum absolute atomic E-state index is 3.51. The van der Waals surface area contributed by atoms with Gasteiger partial charge in [-0.15, -0.1) is 0 Å². The predicted molar refractivity (Wildman–Crippen MR) is 73.0 cm³/mol. The number of hydrogen-bond acceptors (Lipinski definition) is 3. The van der Waals surface area contributed by atoms with Crippen LogP contribution in [0.3, 0.4) is 0 Å². The fourth-order valence-corrected chi connectivity index (χ4v) is 1.66. The first kappa shape index (κ1) is 15.9. The average molecular weight is 229 g/mol. The van der Waals surface area contributed by atoms with Gasteiger partial charge in [0, 0.05) is 0 Å². The van der Waals surface area contributed by atoms with Gasteiger partial charge in [-0.1, -0.05) is 20.3 Å². The molecule has 0 amide bonds. The first-order valence-electron chi connectivity index (χ1n) is 7.04. The number of hydrogen-bond donors (Lipinski definition) is 3. The van der Waals surface area contributed by atoms with Crippen LogP contribution < -0.4 is 16.0 Å². The molecule has 0 rings (SSSR count). The first-order valence-corrected chi connectivity index (χ1v) is 7.04. The maximum Gasteiger partial charge on any atom is -0.00484 e. The summed E-state index contributed by atoms with van der Waals surface area (Å²) in [6.07, 6.45) is 6.57. The average Bonchev–Trinajstić information content (AvgIpc) is 2.31. The molecule has 3 N–H and O–H groups in total. The summed E-state index contributed by atoms with van der Waals surface area (Å²) in [6.45, 7) is 11.2. The lowest BCUT2D eigenvalue weighted by atomic mass is 10.2. The lowest BCUT2D eigenvalue weighted by Crippen LogP contribution is -2.20. The summed E-state index contributed by atoms with van der Waals surface area (Å²) in [5.41, 5.74) is 0. The molecule has 3 nitrogen and oxygen atoms in total. The third-order valence-corrected chi connectivity index (χ3v) is 2.66. The molecule has 0 bridgehead atoms. The van der Waals surface area contributed by atoms with Crippen LogP contribution in [0.1, 0.15) is 46.0 Å². The standard InChI is InChI=1S/C13H31N3/c1-3-14-10-6-5-7-12-16-13-9-8-11-15-4-2/h14-16H,3-13H2,1-2H3. The van der Waals surface area contributed by atoms with Crippen LogP contribution in [0.5, 0.6) is 0 Å². The van der Waals surface area contributed by atoms with Gasteiger partial charge in [-0.25, -0.2) is 0 Å². The highest BCUT2D eigenvalue weighted by molar-refractivity contribution is 4.52. The molecule has 0 unspecified atom stereocenters. The van der Waals surface area contributed by atoms with Crippen LogP contribution in [0.15, 0.2) is 0 Å². The van der Waals surface area contributed by atoms with Gasteiger partial charge in [0.2, 0.25) is 0 Å². The highest BCUT2D eigenvalue weighted by atomic mass is 14.9. The van der Waals surface area contributed by atoms with Gasteiger partial charge in [-0.3, -0.25) is 0 Å². The highest BCUT2D eigenvalue weighted by Gasteiger charge is 1.90. The molecule has 0 heterocycles. The van der Waals surface area contributed by atoms with Gasteiger partial charge >= 0.3 is 0 Å². The molecule has 0 aliphatic rings. The van der Waals surface area contributed by atoms with Crippen molar-refractivity contribution in [3.05, 3.63) is 0 Å². The van der Waals surface area contributed by atoms with Crippen LogP contribution in [0.25, 0.3) is 0 Å². The molecule has 0 spiro atoms. The fourth-order valence-electron chi connectivity index (χ4n) is 1.66. The molecule has 0 atom stereocenters. The van der Waals surface area contributed by atoms with Gasteiger partial charge in [0.05, 0.1) is 0 Å². The van der Waals surface area contributed by atoms with Crippen LogP contribution in [0.2, 0.25) is 0 Å². The van der Waals surface area contributed by atoms with Gasteiger partial charge < -0.3 is 16.0 Å². The molecule has 16 heavy (non-hydrogen) atoms. The molecule has 0 aliphatic heterocycles. The largest absolute Gasteiger partial charge is 0.317 e. The van der Waals surface area contributed by atoms with Crippen molar-refractivity contribution in [1.82, 2.24) is 16.0 Å². The smallest absolute Gasteiger partial charge is 0.00484 e. The Balaban J connectivity index is 2.83. The first-order chi connectivity index (χ1) is 7.91. The topological polar surface area (TPSA) is 36.1 Å². The van der Waals surface area contributed by atoms with Crippen LogP contribution in [0.4, 0.5) is 0 Å². The molecule has 0 saturated carbocycles. The zero-order chi connectivity index (χ0) is 11.9. The zero-order valence-corrected chi connectivity index (χ0v) is 11.3. The summed E-state index contributed by atoms with van der Waals surface area (Å²) < 4.78 is 0. The Morgan fingerprint density at radius 2 is 0.875 bits per heavy atom. The minimum atomic E-state index is 1.10. The van der Waals surface area contributed by atoms with Crippen molar-refractivity contribution in [1.29, 1.82) is 0 Å². The Morgan fingerprint density at radius 3 is 1.31 bits per heavy atom. The molecule has 0 aromatic rings. The van der Waals surface area contributed by atoms with Crippen LogP contribution in [-0.4, -0.2) is 39.3 Å². The summed E-state index contributed by atoms with van der Waals surface area (Å²) in [5, 5.41) is 10.2. The Labute approximate surface area is 102 Å². The van der Waals surface area contributed by atoms with Crippen LogP contribution in [0, 0.1) is 0 Å². The fraction of sp³-hybridized carbons (Fsp3) is 1.00. The summed E-state index contributed by atoms with van der Waals surface area (Å²) in [7, 11) is 0. The second kappa shape index (κ2) is 14.9. The normalized spacial score (nSPS) is 10.9. The van der Waals surface area contributed by atoms with Gasteiger partial charge in [0.25, 0.3) is 0 Å². The van der Waals surface area contributed by atoms with Gasteiger partial charge in [-0.2, -0.15) is 0 Å². The quantitative estimate of drug-likeness (QED) is 0.421. The van der Waals surface area contributed by atoms with E-state index in [-0.39, 0.29) is 0 Å². The summed E-state index contributed by atoms with van der Waals surface area (Å²) in [4.78, 5) is 0. The minimum absolute atomic E-state index is 1.10. The van der Waals surface area contributed by atoms with Crippen molar-refractivity contribution in [3.63, 3.8) is 0 Å². The molecular weight excluding hydrogens is 198 g/mol. The lowest BCUT2D eigenvalue weighted by molar-refractivity contribution is 0.555. The Hall–Kier alpha value is -0.120. The van der Waals surface area contributed by atoms with E-state index >= 15 is 0 Å². The molecule has 0 radical (unpaired) electrons. The van der Waals surface area contributed by atoms with Crippen LogP contribution in [-0.2, 0) is 0 Å². The van der Waals surface area contributed by atoms with Crippen molar-refractivity contribution in [3.8, 4) is 0 Å². The van der Waals surface area contributed by atoms with Crippen molar-refractivity contribution in [2.24, 2.45) is 0 Å². The Bertz CT molecular complexity index is 104. The van der Waals surface area contributed by atoms with Gasteiger partial charge in [0.15, 0.2) is 0 Å². The van der Waals surface area contributed by atoms with E-state index in [0.29, 0.717) is 0 Å². The zero-order valence-electron chi connectivity index (χ0n) is 11.3. The Kier molecular flexibility index (Phi) is 14.8. The molecule has 0 aliphatic carbocycles. The van der Waals surface area contributed by atoms with E-state index in [2.05, 4.69) is 29.8 Å².